The number of nitrogens with one attached hydrogen (secondary N) is 1. The van der Waals surface area contributed by atoms with Crippen LogP contribution >= 0.6 is 0 Å². The van der Waals surface area contributed by atoms with Gasteiger partial charge in [0.2, 0.25) is 5.88 Å². The number of carbonyl (C=O) groups excluding carboxylic acids is 1. The molecule has 1 N–H and O–H groups in total. The van der Waals surface area contributed by atoms with Gasteiger partial charge in [0.05, 0.1) is 0 Å². The van der Waals surface area contributed by atoms with E-state index in [1.165, 1.54) is 12.4 Å². The zero-order valence-corrected chi connectivity index (χ0v) is 16.5. The summed E-state index contributed by atoms with van der Waals surface area (Å²) in [7, 11) is 0. The number of benzene rings is 2. The molecule has 0 radical (unpaired) electrons. The molecule has 0 spiro atoms. The van der Waals surface area contributed by atoms with Crippen molar-refractivity contribution in [3.63, 3.8) is 0 Å². The molecule has 5 aromatic rings. The monoisotopic (exact) mass is 425 g/mol. The largest absolute Gasteiger partial charge is 0.439 e. The predicted molar refractivity (Wildman–Crippen MR) is 116 cm³/mol. The molecule has 0 fully saturated rings. The maximum Gasteiger partial charge on any atom is 0.349 e. The van der Waals surface area contributed by atoms with Crippen molar-refractivity contribution in [1.29, 1.82) is 0 Å². The average molecular weight is 425 g/mol. The zero-order valence-electron chi connectivity index (χ0n) is 16.5. The Morgan fingerprint density at radius 2 is 1.88 bits per heavy atom. The molecule has 1 amide bonds. The summed E-state index contributed by atoms with van der Waals surface area (Å²) in [5.74, 6) is 0.933. The van der Waals surface area contributed by atoms with Crippen molar-refractivity contribution < 1.29 is 13.9 Å². The summed E-state index contributed by atoms with van der Waals surface area (Å²) < 4.78 is 12.7. The summed E-state index contributed by atoms with van der Waals surface area (Å²) in [6, 6.07) is 16.9. The standard InChI is InChI=1S/C23H15N5O4/c29-22(18-11-15-3-1-2-4-19(15)32-23(18)30)27-16-5-7-17(8-6-16)31-21-12-20(25-13-26-21)28-10-9-24-14-28/h1-14H,(H,27,29). The Bertz CT molecular complexity index is 1460. The Labute approximate surface area is 181 Å². The van der Waals surface area contributed by atoms with Gasteiger partial charge in [0.15, 0.2) is 0 Å². The van der Waals surface area contributed by atoms with Crippen LogP contribution in [-0.2, 0) is 0 Å². The van der Waals surface area contributed by atoms with Gasteiger partial charge in [-0.3, -0.25) is 9.36 Å². The van der Waals surface area contributed by atoms with E-state index in [-0.39, 0.29) is 5.56 Å². The van der Waals surface area contributed by atoms with Crippen molar-refractivity contribution >= 4 is 22.6 Å². The van der Waals surface area contributed by atoms with E-state index < -0.39 is 11.5 Å². The molecule has 3 aromatic heterocycles. The van der Waals surface area contributed by atoms with E-state index in [9.17, 15) is 9.59 Å². The van der Waals surface area contributed by atoms with Crippen LogP contribution in [0.2, 0.25) is 0 Å². The predicted octanol–water partition coefficient (Wildman–Crippen LogP) is 3.81. The van der Waals surface area contributed by atoms with Gasteiger partial charge in [-0.15, -0.1) is 0 Å². The van der Waals surface area contributed by atoms with Crippen molar-refractivity contribution in [3.8, 4) is 17.4 Å². The summed E-state index contributed by atoms with van der Waals surface area (Å²) in [4.78, 5) is 37.0. The van der Waals surface area contributed by atoms with Crippen LogP contribution in [0.4, 0.5) is 5.69 Å². The second-order valence-electron chi connectivity index (χ2n) is 6.75. The van der Waals surface area contributed by atoms with Crippen LogP contribution in [0.5, 0.6) is 11.6 Å². The number of imidazole rings is 1. The number of nitrogens with zero attached hydrogens (tertiary/aromatic N) is 4. The van der Waals surface area contributed by atoms with Crippen LogP contribution in [0.15, 0.2) is 94.9 Å². The molecule has 0 saturated carbocycles. The molecule has 0 aliphatic heterocycles. The molecule has 0 saturated heterocycles. The quantitative estimate of drug-likeness (QED) is 0.426. The molecule has 2 aromatic carbocycles. The van der Waals surface area contributed by atoms with Crippen molar-refractivity contribution in [2.75, 3.05) is 5.32 Å². The summed E-state index contributed by atoms with van der Waals surface area (Å²) in [5, 5.41) is 3.36. The van der Waals surface area contributed by atoms with Crippen LogP contribution < -0.4 is 15.7 Å². The van der Waals surface area contributed by atoms with Gasteiger partial charge >= 0.3 is 5.63 Å². The number of ether oxygens (including phenoxy) is 1. The normalized spacial score (nSPS) is 10.8. The summed E-state index contributed by atoms with van der Waals surface area (Å²) in [6.45, 7) is 0. The number of para-hydroxylation sites is 1. The first-order valence-corrected chi connectivity index (χ1v) is 9.58. The molecule has 3 heterocycles. The third-order valence-electron chi connectivity index (χ3n) is 4.62. The number of hydrogen-bond donors (Lipinski definition) is 1. The number of fused-ring (bicyclic) bond motifs is 1. The maximum atomic E-state index is 12.6. The number of amides is 1. The Morgan fingerprint density at radius 3 is 2.69 bits per heavy atom. The molecule has 0 unspecified atom stereocenters. The molecule has 5 rings (SSSR count). The second-order valence-corrected chi connectivity index (χ2v) is 6.75. The first kappa shape index (κ1) is 19.2. The number of rotatable bonds is 5. The van der Waals surface area contributed by atoms with Gasteiger partial charge in [-0.2, -0.15) is 0 Å². The molecular formula is C23H15N5O4. The van der Waals surface area contributed by atoms with Crippen molar-refractivity contribution in [3.05, 3.63) is 102 Å². The molecule has 9 nitrogen and oxygen atoms in total. The van der Waals surface area contributed by atoms with E-state index in [0.717, 1.165) is 0 Å². The highest BCUT2D eigenvalue weighted by Crippen LogP contribution is 2.23. The third kappa shape index (κ3) is 3.94. The second kappa shape index (κ2) is 8.15. The maximum absolute atomic E-state index is 12.6. The molecular weight excluding hydrogens is 410 g/mol. The summed E-state index contributed by atoms with van der Waals surface area (Å²) >= 11 is 0. The highest BCUT2D eigenvalue weighted by atomic mass is 16.5. The fraction of sp³-hybridized carbons (Fsp3) is 0. The van der Waals surface area contributed by atoms with Crippen LogP contribution in [0.25, 0.3) is 16.8 Å². The lowest BCUT2D eigenvalue weighted by Gasteiger charge is -2.08. The minimum absolute atomic E-state index is 0.0722. The van der Waals surface area contributed by atoms with E-state index in [1.807, 2.05) is 0 Å². The van der Waals surface area contributed by atoms with Gasteiger partial charge < -0.3 is 14.5 Å². The Balaban J connectivity index is 1.30. The highest BCUT2D eigenvalue weighted by Gasteiger charge is 2.14. The summed E-state index contributed by atoms with van der Waals surface area (Å²) in [5.41, 5.74) is 0.156. The highest BCUT2D eigenvalue weighted by molar-refractivity contribution is 6.05. The lowest BCUT2D eigenvalue weighted by Crippen LogP contribution is -2.20. The van der Waals surface area contributed by atoms with E-state index in [2.05, 4.69) is 20.3 Å². The molecule has 0 aliphatic carbocycles. The minimum Gasteiger partial charge on any atom is -0.439 e. The zero-order chi connectivity index (χ0) is 21.9. The first-order valence-electron chi connectivity index (χ1n) is 9.58. The van der Waals surface area contributed by atoms with E-state index in [4.69, 9.17) is 9.15 Å². The van der Waals surface area contributed by atoms with E-state index >= 15 is 0 Å². The summed E-state index contributed by atoms with van der Waals surface area (Å²) in [6.07, 6.45) is 6.44. The SMILES string of the molecule is O=C(Nc1ccc(Oc2cc(-n3ccnc3)ncn2)cc1)c1cc2ccccc2oc1=O. The van der Waals surface area contributed by atoms with Crippen molar-refractivity contribution in [1.82, 2.24) is 19.5 Å². The van der Waals surface area contributed by atoms with Crippen LogP contribution in [0.1, 0.15) is 10.4 Å². The van der Waals surface area contributed by atoms with Crippen LogP contribution in [0.3, 0.4) is 0 Å². The smallest absolute Gasteiger partial charge is 0.349 e. The van der Waals surface area contributed by atoms with Crippen molar-refractivity contribution in [2.45, 2.75) is 0 Å². The molecule has 32 heavy (non-hydrogen) atoms. The fourth-order valence-corrected chi connectivity index (χ4v) is 3.07. The Morgan fingerprint density at radius 1 is 1.03 bits per heavy atom. The lowest BCUT2D eigenvalue weighted by molar-refractivity contribution is 0.102. The molecule has 0 atom stereocenters. The van der Waals surface area contributed by atoms with Gasteiger partial charge in [-0.1, -0.05) is 18.2 Å². The van der Waals surface area contributed by atoms with Gasteiger partial charge in [-0.25, -0.2) is 19.7 Å². The molecule has 0 bridgehead atoms. The Hall–Kier alpha value is -4.79. The number of aromatic nitrogens is 4. The van der Waals surface area contributed by atoms with Gasteiger partial charge in [0.1, 0.15) is 35.4 Å². The first-order chi connectivity index (χ1) is 15.7. The van der Waals surface area contributed by atoms with Crippen LogP contribution in [0, 0.1) is 0 Å². The topological polar surface area (TPSA) is 112 Å². The van der Waals surface area contributed by atoms with E-state index in [0.29, 0.717) is 34.1 Å². The van der Waals surface area contributed by atoms with Gasteiger partial charge in [0.25, 0.3) is 5.91 Å². The van der Waals surface area contributed by atoms with Crippen molar-refractivity contribution in [2.24, 2.45) is 0 Å². The molecule has 0 aliphatic rings. The molecule has 156 valence electrons. The third-order valence-corrected chi connectivity index (χ3v) is 4.62. The average Bonchev–Trinajstić information content (AvgIpc) is 3.35. The minimum atomic E-state index is -0.696. The fourth-order valence-electron chi connectivity index (χ4n) is 3.07. The van der Waals surface area contributed by atoms with E-state index in [1.54, 1.807) is 77.9 Å². The van der Waals surface area contributed by atoms with Gasteiger partial charge in [-0.05, 0) is 36.4 Å². The van der Waals surface area contributed by atoms with Gasteiger partial charge in [0, 0.05) is 29.5 Å². The lowest BCUT2D eigenvalue weighted by atomic mass is 10.1. The molecule has 9 heteroatoms. The van der Waals surface area contributed by atoms with Crippen LogP contribution in [-0.4, -0.2) is 25.4 Å². The number of carbonyl (C=O) groups is 1. The Kier molecular flexibility index (Phi) is 4.89. The number of hydrogen-bond acceptors (Lipinski definition) is 7. The number of anilines is 1.